The Kier molecular flexibility index (Phi) is 12.7. The summed E-state index contributed by atoms with van der Waals surface area (Å²) < 4.78 is 23.1. The largest absolute Gasteiger partial charge is 0.477 e. The maximum Gasteiger partial charge on any atom is 0.412 e. The molecule has 2 rings (SSSR count). The number of alkyl carbamates (subject to hydrolysis) is 1. The molecule has 0 radical (unpaired) electrons. The van der Waals surface area contributed by atoms with Gasteiger partial charge in [-0.3, -0.25) is 10.1 Å². The number of rotatable bonds is 14. The highest BCUT2D eigenvalue weighted by Gasteiger charge is 2.31. The van der Waals surface area contributed by atoms with E-state index in [0.717, 1.165) is 11.1 Å². The van der Waals surface area contributed by atoms with Gasteiger partial charge in [0, 0.05) is 6.92 Å². The first kappa shape index (κ1) is 31.5. The molecule has 3 unspecified atom stereocenters. The second kappa shape index (κ2) is 15.7. The molecule has 0 heterocycles. The lowest BCUT2D eigenvalue weighted by molar-refractivity contribution is -0.168. The Balaban J connectivity index is 2.24. The number of amides is 1. The van der Waals surface area contributed by atoms with E-state index in [0.29, 0.717) is 6.42 Å². The van der Waals surface area contributed by atoms with Gasteiger partial charge in [0.2, 0.25) is 0 Å². The fourth-order valence-corrected chi connectivity index (χ4v) is 3.76. The molecule has 0 aromatic heterocycles. The van der Waals surface area contributed by atoms with E-state index in [9.17, 15) is 19.5 Å². The van der Waals surface area contributed by atoms with Crippen molar-refractivity contribution >= 4 is 18.0 Å². The minimum absolute atomic E-state index is 0.231. The SMILES string of the molecule is CC(=O)OC(C)C(OCc1ccccc1)C(CC/C=C(\NC(=O)OC(C)(C)C)C(=O)O)OCc1ccccc1. The van der Waals surface area contributed by atoms with Crippen LogP contribution in [0.5, 0.6) is 0 Å². The van der Waals surface area contributed by atoms with E-state index in [-0.39, 0.29) is 25.3 Å². The summed E-state index contributed by atoms with van der Waals surface area (Å²) in [4.78, 5) is 35.6. The first-order valence-electron chi connectivity index (χ1n) is 12.9. The third-order valence-electron chi connectivity index (χ3n) is 5.44. The Bertz CT molecular complexity index is 1080. The van der Waals surface area contributed by atoms with Crippen LogP contribution in [0, 0.1) is 0 Å². The molecule has 3 atom stereocenters. The molecule has 9 heteroatoms. The number of nitrogens with one attached hydrogen (secondary N) is 1. The van der Waals surface area contributed by atoms with Crippen LogP contribution in [0.15, 0.2) is 72.4 Å². The molecule has 212 valence electrons. The van der Waals surface area contributed by atoms with Gasteiger partial charge in [-0.1, -0.05) is 66.7 Å². The van der Waals surface area contributed by atoms with Gasteiger partial charge in [-0.15, -0.1) is 0 Å². The zero-order valence-electron chi connectivity index (χ0n) is 23.2. The fourth-order valence-electron chi connectivity index (χ4n) is 3.76. The predicted molar refractivity (Wildman–Crippen MR) is 146 cm³/mol. The van der Waals surface area contributed by atoms with Gasteiger partial charge in [0.1, 0.15) is 23.5 Å². The van der Waals surface area contributed by atoms with Crippen LogP contribution in [0.1, 0.15) is 58.6 Å². The van der Waals surface area contributed by atoms with Crippen molar-refractivity contribution < 1.29 is 38.4 Å². The molecule has 0 aliphatic rings. The molecule has 2 aromatic rings. The van der Waals surface area contributed by atoms with Gasteiger partial charge >= 0.3 is 18.0 Å². The van der Waals surface area contributed by atoms with Gasteiger partial charge in [0.15, 0.2) is 0 Å². The molecule has 9 nitrogen and oxygen atoms in total. The van der Waals surface area contributed by atoms with Gasteiger partial charge in [-0.2, -0.15) is 0 Å². The highest BCUT2D eigenvalue weighted by molar-refractivity contribution is 5.90. The highest BCUT2D eigenvalue weighted by Crippen LogP contribution is 2.21. The number of aliphatic carboxylic acids is 1. The van der Waals surface area contributed by atoms with Crippen molar-refractivity contribution in [2.24, 2.45) is 0 Å². The van der Waals surface area contributed by atoms with Crippen molar-refractivity contribution in [3.8, 4) is 0 Å². The van der Waals surface area contributed by atoms with Crippen LogP contribution < -0.4 is 5.32 Å². The summed E-state index contributed by atoms with van der Waals surface area (Å²) in [5.74, 6) is -1.75. The summed E-state index contributed by atoms with van der Waals surface area (Å²) in [5, 5.41) is 11.9. The molecule has 2 N–H and O–H groups in total. The van der Waals surface area contributed by atoms with Crippen LogP contribution in [0.2, 0.25) is 0 Å². The molecule has 1 amide bonds. The van der Waals surface area contributed by atoms with Crippen LogP contribution in [0.4, 0.5) is 4.79 Å². The second-order valence-electron chi connectivity index (χ2n) is 10.0. The zero-order valence-corrected chi connectivity index (χ0v) is 23.2. The third kappa shape index (κ3) is 12.6. The number of esters is 1. The summed E-state index contributed by atoms with van der Waals surface area (Å²) in [6, 6.07) is 19.2. The number of carbonyl (C=O) groups is 3. The van der Waals surface area contributed by atoms with Gasteiger partial charge in [-0.25, -0.2) is 9.59 Å². The summed E-state index contributed by atoms with van der Waals surface area (Å²) in [7, 11) is 0. The Morgan fingerprint density at radius 2 is 1.46 bits per heavy atom. The number of ether oxygens (including phenoxy) is 4. The Hall–Kier alpha value is -3.69. The van der Waals surface area contributed by atoms with E-state index in [1.807, 2.05) is 60.7 Å². The van der Waals surface area contributed by atoms with E-state index in [2.05, 4.69) is 5.32 Å². The first-order valence-corrected chi connectivity index (χ1v) is 12.9. The van der Waals surface area contributed by atoms with E-state index in [1.165, 1.54) is 13.0 Å². The predicted octanol–water partition coefficient (Wildman–Crippen LogP) is 5.38. The van der Waals surface area contributed by atoms with E-state index < -0.39 is 41.9 Å². The fraction of sp³-hybridized carbons (Fsp3) is 0.433. The van der Waals surface area contributed by atoms with Crippen LogP contribution in [0.25, 0.3) is 0 Å². The number of hydrogen-bond donors (Lipinski definition) is 2. The normalized spacial score (nSPS) is 14.1. The van der Waals surface area contributed by atoms with E-state index in [4.69, 9.17) is 18.9 Å². The average molecular weight is 542 g/mol. The lowest BCUT2D eigenvalue weighted by Crippen LogP contribution is -2.42. The van der Waals surface area contributed by atoms with Crippen LogP contribution in [0.3, 0.4) is 0 Å². The smallest absolute Gasteiger partial charge is 0.412 e. The molecule has 0 saturated carbocycles. The lowest BCUT2D eigenvalue weighted by atomic mass is 10.0. The number of carbonyl (C=O) groups excluding carboxylic acids is 2. The number of hydrogen-bond acceptors (Lipinski definition) is 7. The maximum absolute atomic E-state index is 12.1. The Morgan fingerprint density at radius 1 is 0.923 bits per heavy atom. The van der Waals surface area contributed by atoms with Crippen molar-refractivity contribution in [1.29, 1.82) is 0 Å². The molecule has 39 heavy (non-hydrogen) atoms. The maximum atomic E-state index is 12.1. The second-order valence-corrected chi connectivity index (χ2v) is 10.0. The van der Waals surface area contributed by atoms with Crippen LogP contribution in [-0.2, 0) is 41.8 Å². The Labute approximate surface area is 230 Å². The topological polar surface area (TPSA) is 120 Å². The summed E-state index contributed by atoms with van der Waals surface area (Å²) in [6.07, 6.45) is -0.778. The summed E-state index contributed by atoms with van der Waals surface area (Å²) in [5.41, 5.74) is 0.799. The third-order valence-corrected chi connectivity index (χ3v) is 5.44. The van der Waals surface area contributed by atoms with Crippen molar-refractivity contribution in [3.05, 3.63) is 83.6 Å². The van der Waals surface area contributed by atoms with E-state index in [1.54, 1.807) is 27.7 Å². The van der Waals surface area contributed by atoms with Crippen molar-refractivity contribution in [2.45, 2.75) is 84.6 Å². The number of carboxylic acids is 1. The average Bonchev–Trinajstić information content (AvgIpc) is 2.86. The molecule has 0 aliphatic carbocycles. The lowest BCUT2D eigenvalue weighted by Gasteiger charge is -2.31. The van der Waals surface area contributed by atoms with Gasteiger partial charge in [0.25, 0.3) is 0 Å². The molecule has 2 aromatic carbocycles. The first-order chi connectivity index (χ1) is 18.4. The minimum atomic E-state index is -1.30. The number of allylic oxidation sites excluding steroid dienone is 1. The number of benzene rings is 2. The quantitative estimate of drug-likeness (QED) is 0.242. The van der Waals surface area contributed by atoms with Crippen molar-refractivity contribution in [1.82, 2.24) is 5.32 Å². The molecular formula is C30H39NO8. The summed E-state index contributed by atoms with van der Waals surface area (Å²) >= 11 is 0. The van der Waals surface area contributed by atoms with E-state index >= 15 is 0 Å². The molecule has 0 aliphatic heterocycles. The zero-order chi connectivity index (χ0) is 28.8. The van der Waals surface area contributed by atoms with Crippen LogP contribution >= 0.6 is 0 Å². The van der Waals surface area contributed by atoms with Crippen molar-refractivity contribution in [2.75, 3.05) is 0 Å². The minimum Gasteiger partial charge on any atom is -0.477 e. The molecule has 0 bridgehead atoms. The van der Waals surface area contributed by atoms with Gasteiger partial charge in [0.05, 0.1) is 19.3 Å². The summed E-state index contributed by atoms with van der Waals surface area (Å²) in [6.45, 7) is 8.66. The molecule has 0 fully saturated rings. The Morgan fingerprint density at radius 3 is 1.95 bits per heavy atom. The standard InChI is InChI=1S/C30H39NO8/c1-21(38-22(2)32)27(37-20-24-15-10-7-11-16-24)26(36-19-23-13-8-6-9-14-23)18-12-17-25(28(33)34)31-29(35)39-30(3,4)5/h6-11,13-17,21,26-27H,12,18-20H2,1-5H3,(H,31,35)(H,33,34)/b25-17-. The molecule has 0 spiro atoms. The van der Waals surface area contributed by atoms with Crippen molar-refractivity contribution in [3.63, 3.8) is 0 Å². The van der Waals surface area contributed by atoms with Crippen LogP contribution in [-0.4, -0.2) is 47.1 Å². The van der Waals surface area contributed by atoms with Gasteiger partial charge in [-0.05, 0) is 51.7 Å². The molecular weight excluding hydrogens is 502 g/mol. The molecule has 0 saturated heterocycles. The highest BCUT2D eigenvalue weighted by atomic mass is 16.6. The number of carboxylic acid groups (broad SMARTS) is 1. The monoisotopic (exact) mass is 541 g/mol. The van der Waals surface area contributed by atoms with Gasteiger partial charge < -0.3 is 24.1 Å².